The first-order chi connectivity index (χ1) is 7.57. The summed E-state index contributed by atoms with van der Waals surface area (Å²) >= 11 is 3.12. The zero-order valence-corrected chi connectivity index (χ0v) is 9.87. The van der Waals surface area contributed by atoms with Gasteiger partial charge < -0.3 is 20.3 Å². The SMILES string of the molecule is O=[N+]([O-])c1ncccc1C(O)C(O)CCBr. The molecule has 2 unspecified atom stereocenters. The number of rotatable bonds is 5. The lowest BCUT2D eigenvalue weighted by Crippen LogP contribution is -2.20. The van der Waals surface area contributed by atoms with Crippen molar-refractivity contribution in [3.05, 3.63) is 34.0 Å². The van der Waals surface area contributed by atoms with Crippen molar-refractivity contribution in [3.63, 3.8) is 0 Å². The van der Waals surface area contributed by atoms with Crippen LogP contribution in [0.4, 0.5) is 5.82 Å². The zero-order valence-electron chi connectivity index (χ0n) is 8.28. The van der Waals surface area contributed by atoms with E-state index < -0.39 is 22.9 Å². The molecule has 1 aromatic rings. The predicted octanol–water partition coefficient (Wildman–Crippen LogP) is 1.17. The number of alkyl halides is 1. The maximum Gasteiger partial charge on any atom is 0.369 e. The Morgan fingerprint density at radius 1 is 1.56 bits per heavy atom. The molecular weight excluding hydrogens is 280 g/mol. The highest BCUT2D eigenvalue weighted by Gasteiger charge is 2.26. The summed E-state index contributed by atoms with van der Waals surface area (Å²) in [7, 11) is 0. The number of aliphatic hydroxyl groups is 2. The standard InChI is InChI=1S/C9H11BrN2O4/c10-4-3-7(13)8(14)6-2-1-5-11-9(6)12(15)16/h1-2,5,7-8,13-14H,3-4H2. The van der Waals surface area contributed by atoms with Gasteiger partial charge in [0, 0.05) is 5.33 Å². The lowest BCUT2D eigenvalue weighted by Gasteiger charge is -2.16. The van der Waals surface area contributed by atoms with Gasteiger partial charge in [0.1, 0.15) is 12.3 Å². The first kappa shape index (κ1) is 13.0. The fourth-order valence-electron chi connectivity index (χ4n) is 1.27. The van der Waals surface area contributed by atoms with Crippen molar-refractivity contribution in [1.82, 2.24) is 4.98 Å². The molecule has 1 heterocycles. The minimum absolute atomic E-state index is 0.0287. The fraction of sp³-hybridized carbons (Fsp3) is 0.444. The zero-order chi connectivity index (χ0) is 12.1. The fourth-order valence-corrected chi connectivity index (χ4v) is 1.74. The van der Waals surface area contributed by atoms with E-state index in [0.717, 1.165) is 0 Å². The van der Waals surface area contributed by atoms with Gasteiger partial charge in [-0.3, -0.25) is 0 Å². The second kappa shape index (κ2) is 5.88. The first-order valence-electron chi connectivity index (χ1n) is 4.59. The highest BCUT2D eigenvalue weighted by molar-refractivity contribution is 9.09. The van der Waals surface area contributed by atoms with Crippen molar-refractivity contribution in [1.29, 1.82) is 0 Å². The van der Waals surface area contributed by atoms with Gasteiger partial charge in [-0.15, -0.1) is 0 Å². The number of nitro groups is 1. The number of pyridine rings is 1. The van der Waals surface area contributed by atoms with Gasteiger partial charge in [-0.1, -0.05) is 15.9 Å². The summed E-state index contributed by atoms with van der Waals surface area (Å²) in [6.07, 6.45) is -0.785. The summed E-state index contributed by atoms with van der Waals surface area (Å²) in [6, 6.07) is 2.86. The van der Waals surface area contributed by atoms with Crippen LogP contribution >= 0.6 is 15.9 Å². The molecule has 0 aliphatic rings. The van der Waals surface area contributed by atoms with Gasteiger partial charge in [-0.2, -0.15) is 0 Å². The molecule has 6 nitrogen and oxygen atoms in total. The summed E-state index contributed by atoms with van der Waals surface area (Å²) in [5.74, 6) is -0.427. The highest BCUT2D eigenvalue weighted by atomic mass is 79.9. The van der Waals surface area contributed by atoms with E-state index in [2.05, 4.69) is 20.9 Å². The average Bonchev–Trinajstić information content (AvgIpc) is 2.28. The average molecular weight is 291 g/mol. The summed E-state index contributed by atoms with van der Waals surface area (Å²) in [5, 5.41) is 30.4. The van der Waals surface area contributed by atoms with Gasteiger partial charge in [0.25, 0.3) is 0 Å². The van der Waals surface area contributed by atoms with Gasteiger partial charge in [0.2, 0.25) is 0 Å². The van der Waals surface area contributed by atoms with Gasteiger partial charge >= 0.3 is 5.82 Å². The molecule has 0 fully saturated rings. The van der Waals surface area contributed by atoms with Crippen LogP contribution < -0.4 is 0 Å². The van der Waals surface area contributed by atoms with Crippen molar-refractivity contribution in [2.75, 3.05) is 5.33 Å². The lowest BCUT2D eigenvalue weighted by atomic mass is 10.0. The number of aromatic nitrogens is 1. The number of hydrogen-bond donors (Lipinski definition) is 2. The van der Waals surface area contributed by atoms with Crippen LogP contribution in [0, 0.1) is 10.1 Å². The highest BCUT2D eigenvalue weighted by Crippen LogP contribution is 2.26. The van der Waals surface area contributed by atoms with E-state index in [1.165, 1.54) is 18.3 Å². The van der Waals surface area contributed by atoms with Gasteiger partial charge in [-0.25, -0.2) is 0 Å². The predicted molar refractivity (Wildman–Crippen MR) is 60.3 cm³/mol. The van der Waals surface area contributed by atoms with E-state index >= 15 is 0 Å². The quantitative estimate of drug-likeness (QED) is 0.482. The Bertz CT molecular complexity index is 374. The van der Waals surface area contributed by atoms with Crippen molar-refractivity contribution < 1.29 is 15.1 Å². The van der Waals surface area contributed by atoms with Crippen LogP contribution in [0.1, 0.15) is 18.1 Å². The monoisotopic (exact) mass is 290 g/mol. The molecular formula is C9H11BrN2O4. The molecule has 0 aromatic carbocycles. The Balaban J connectivity index is 2.98. The Morgan fingerprint density at radius 2 is 2.25 bits per heavy atom. The third kappa shape index (κ3) is 2.97. The molecule has 0 bridgehead atoms. The third-order valence-corrected chi connectivity index (χ3v) is 2.54. The van der Waals surface area contributed by atoms with Crippen LogP contribution in [0.2, 0.25) is 0 Å². The maximum absolute atomic E-state index is 10.6. The Labute approximate surface area is 100 Å². The van der Waals surface area contributed by atoms with E-state index in [1.54, 1.807) is 0 Å². The Morgan fingerprint density at radius 3 is 2.81 bits per heavy atom. The molecule has 2 N–H and O–H groups in total. The molecule has 0 radical (unpaired) electrons. The smallest absolute Gasteiger partial charge is 0.369 e. The molecule has 88 valence electrons. The lowest BCUT2D eigenvalue weighted by molar-refractivity contribution is -0.391. The molecule has 7 heteroatoms. The summed E-state index contributed by atoms with van der Waals surface area (Å²) in [6.45, 7) is 0. The summed E-state index contributed by atoms with van der Waals surface area (Å²) in [5.41, 5.74) is 0.0287. The van der Waals surface area contributed by atoms with Crippen LogP contribution in [0.25, 0.3) is 0 Å². The molecule has 0 aliphatic carbocycles. The van der Waals surface area contributed by atoms with Crippen LogP contribution in [0.5, 0.6) is 0 Å². The molecule has 1 aromatic heterocycles. The Kier molecular flexibility index (Phi) is 4.78. The second-order valence-electron chi connectivity index (χ2n) is 3.16. The number of nitrogens with zero attached hydrogens (tertiary/aromatic N) is 2. The first-order valence-corrected chi connectivity index (χ1v) is 5.71. The molecule has 2 atom stereocenters. The van der Waals surface area contributed by atoms with E-state index in [9.17, 15) is 20.3 Å². The van der Waals surface area contributed by atoms with Crippen LogP contribution in [0.3, 0.4) is 0 Å². The van der Waals surface area contributed by atoms with Gasteiger partial charge in [0.05, 0.1) is 11.7 Å². The van der Waals surface area contributed by atoms with E-state index in [0.29, 0.717) is 11.8 Å². The molecule has 0 saturated carbocycles. The Hall–Kier alpha value is -1.05. The minimum Gasteiger partial charge on any atom is -0.390 e. The minimum atomic E-state index is -1.30. The van der Waals surface area contributed by atoms with E-state index in [4.69, 9.17) is 0 Å². The molecule has 16 heavy (non-hydrogen) atoms. The molecule has 1 rings (SSSR count). The van der Waals surface area contributed by atoms with Gasteiger partial charge in [0.15, 0.2) is 0 Å². The van der Waals surface area contributed by atoms with Crippen molar-refractivity contribution in [2.24, 2.45) is 0 Å². The summed E-state index contributed by atoms with van der Waals surface area (Å²) in [4.78, 5) is 13.5. The molecule has 0 saturated heterocycles. The maximum atomic E-state index is 10.6. The third-order valence-electron chi connectivity index (χ3n) is 2.08. The topological polar surface area (TPSA) is 96.5 Å². The van der Waals surface area contributed by atoms with E-state index in [-0.39, 0.29) is 5.56 Å². The largest absolute Gasteiger partial charge is 0.390 e. The van der Waals surface area contributed by atoms with Crippen LogP contribution in [-0.2, 0) is 0 Å². The van der Waals surface area contributed by atoms with Gasteiger partial charge in [-0.05, 0) is 28.5 Å². The summed E-state index contributed by atoms with van der Waals surface area (Å²) < 4.78 is 0. The number of aliphatic hydroxyl groups excluding tert-OH is 2. The van der Waals surface area contributed by atoms with Crippen molar-refractivity contribution >= 4 is 21.7 Å². The van der Waals surface area contributed by atoms with E-state index in [1.807, 2.05) is 0 Å². The number of hydrogen-bond acceptors (Lipinski definition) is 5. The van der Waals surface area contributed by atoms with Crippen molar-refractivity contribution in [3.8, 4) is 0 Å². The van der Waals surface area contributed by atoms with Crippen LogP contribution in [0.15, 0.2) is 18.3 Å². The normalized spacial score (nSPS) is 14.4. The van der Waals surface area contributed by atoms with Crippen LogP contribution in [-0.4, -0.2) is 31.6 Å². The molecule has 0 amide bonds. The second-order valence-corrected chi connectivity index (χ2v) is 3.96. The van der Waals surface area contributed by atoms with Crippen molar-refractivity contribution in [2.45, 2.75) is 18.6 Å². The molecule has 0 aliphatic heterocycles. The number of halogens is 1. The molecule has 0 spiro atoms.